The Morgan fingerprint density at radius 2 is 2.18 bits per heavy atom. The van der Waals surface area contributed by atoms with Crippen molar-refractivity contribution in [2.24, 2.45) is 4.99 Å². The molecule has 0 saturated carbocycles. The fourth-order valence-electron chi connectivity index (χ4n) is 0.720. The first-order chi connectivity index (χ1) is 5.22. The zero-order valence-electron chi connectivity index (χ0n) is 7.52. The van der Waals surface area contributed by atoms with Crippen molar-refractivity contribution < 1.29 is 0 Å². The van der Waals surface area contributed by atoms with Crippen molar-refractivity contribution in [3.63, 3.8) is 0 Å². The Morgan fingerprint density at radius 1 is 1.55 bits per heavy atom. The third-order valence-electron chi connectivity index (χ3n) is 1.25. The van der Waals surface area contributed by atoms with E-state index in [0.717, 1.165) is 12.2 Å². The average Bonchev–Trinajstić information content (AvgIpc) is 1.97. The van der Waals surface area contributed by atoms with Crippen molar-refractivity contribution in [1.29, 1.82) is 0 Å². The third-order valence-corrected chi connectivity index (χ3v) is 1.25. The summed E-state index contributed by atoms with van der Waals surface area (Å²) in [7, 11) is 0. The van der Waals surface area contributed by atoms with Gasteiger partial charge in [-0.15, -0.1) is 0 Å². The van der Waals surface area contributed by atoms with Gasteiger partial charge in [0.15, 0.2) is 0 Å². The quantitative estimate of drug-likeness (QED) is 0.484. The fraction of sp³-hybridized carbons (Fsp3) is 0.444. The van der Waals surface area contributed by atoms with Crippen LogP contribution in [0.4, 0.5) is 0 Å². The van der Waals surface area contributed by atoms with Crippen LogP contribution in [0.2, 0.25) is 0 Å². The van der Waals surface area contributed by atoms with Crippen molar-refractivity contribution >= 4 is 6.72 Å². The molecule has 2 nitrogen and oxygen atoms in total. The molecular weight excluding hydrogens is 136 g/mol. The van der Waals surface area contributed by atoms with Gasteiger partial charge in [-0.05, 0) is 33.6 Å². The van der Waals surface area contributed by atoms with Gasteiger partial charge in [0.1, 0.15) is 0 Å². The van der Waals surface area contributed by atoms with E-state index in [2.05, 4.69) is 37.8 Å². The number of likely N-dealkylation sites (N-methyl/N-ethyl adjacent to an activating group) is 1. The van der Waals surface area contributed by atoms with E-state index in [4.69, 9.17) is 0 Å². The number of allylic oxidation sites excluding steroid dienone is 2. The molecule has 0 radical (unpaired) electrons. The first-order valence-corrected chi connectivity index (χ1v) is 3.76. The number of nitrogens with zero attached hydrogens (tertiary/aromatic N) is 1. The Balaban J connectivity index is 4.23. The molecule has 0 rings (SSSR count). The molecule has 0 amide bonds. The molecule has 0 spiro atoms. The van der Waals surface area contributed by atoms with Gasteiger partial charge < -0.3 is 5.32 Å². The zero-order chi connectivity index (χ0) is 8.69. The maximum Gasteiger partial charge on any atom is 0.0341 e. The minimum atomic E-state index is 0.933. The molecule has 0 heterocycles. The molecule has 0 aromatic carbocycles. The van der Waals surface area contributed by atoms with Gasteiger partial charge in [-0.1, -0.05) is 5.57 Å². The van der Waals surface area contributed by atoms with Gasteiger partial charge in [-0.2, -0.15) is 0 Å². The van der Waals surface area contributed by atoms with Crippen LogP contribution in [-0.2, 0) is 0 Å². The van der Waals surface area contributed by atoms with Crippen molar-refractivity contribution in [2.45, 2.75) is 20.8 Å². The monoisotopic (exact) mass is 152 g/mol. The van der Waals surface area contributed by atoms with Gasteiger partial charge in [-0.3, -0.25) is 4.99 Å². The summed E-state index contributed by atoms with van der Waals surface area (Å²) in [5, 5.41) is 3.22. The van der Waals surface area contributed by atoms with Crippen LogP contribution in [-0.4, -0.2) is 13.3 Å². The number of rotatable bonds is 4. The van der Waals surface area contributed by atoms with Crippen LogP contribution in [0.15, 0.2) is 28.5 Å². The molecule has 0 unspecified atom stereocenters. The lowest BCUT2D eigenvalue weighted by Gasteiger charge is -2.05. The molecule has 11 heavy (non-hydrogen) atoms. The summed E-state index contributed by atoms with van der Waals surface area (Å²) >= 11 is 0. The largest absolute Gasteiger partial charge is 0.385 e. The molecule has 0 aliphatic heterocycles. The van der Waals surface area contributed by atoms with E-state index < -0.39 is 0 Å². The van der Waals surface area contributed by atoms with E-state index in [1.807, 2.05) is 6.08 Å². The molecule has 0 aromatic rings. The van der Waals surface area contributed by atoms with Crippen molar-refractivity contribution in [3.05, 3.63) is 23.5 Å². The first kappa shape index (κ1) is 9.95. The van der Waals surface area contributed by atoms with Crippen LogP contribution in [0.1, 0.15) is 20.8 Å². The highest BCUT2D eigenvalue weighted by atomic mass is 14.9. The van der Waals surface area contributed by atoms with Crippen LogP contribution < -0.4 is 5.32 Å². The van der Waals surface area contributed by atoms with Gasteiger partial charge in [-0.25, -0.2) is 0 Å². The molecule has 2 heteroatoms. The Labute approximate surface area is 68.7 Å². The summed E-state index contributed by atoms with van der Waals surface area (Å²) in [6.45, 7) is 10.5. The lowest BCUT2D eigenvalue weighted by Crippen LogP contribution is -2.11. The standard InChI is InChI=1S/C9H16N2/c1-5-11-9(8(2)3)6-7-10-4/h6-7,11H,4-5H2,1-3H3/b7-6-. The molecule has 0 aliphatic rings. The second-order valence-corrected chi connectivity index (χ2v) is 2.44. The van der Waals surface area contributed by atoms with E-state index in [1.54, 1.807) is 6.20 Å². The van der Waals surface area contributed by atoms with Crippen molar-refractivity contribution in [2.75, 3.05) is 6.54 Å². The highest BCUT2D eigenvalue weighted by Crippen LogP contribution is 2.00. The summed E-state index contributed by atoms with van der Waals surface area (Å²) < 4.78 is 0. The van der Waals surface area contributed by atoms with E-state index in [0.29, 0.717) is 0 Å². The van der Waals surface area contributed by atoms with E-state index in [1.165, 1.54) is 5.57 Å². The Kier molecular flexibility index (Phi) is 5.17. The summed E-state index contributed by atoms with van der Waals surface area (Å²) in [6, 6.07) is 0. The molecule has 0 saturated heterocycles. The molecule has 1 N–H and O–H groups in total. The van der Waals surface area contributed by atoms with Crippen molar-refractivity contribution in [3.8, 4) is 0 Å². The van der Waals surface area contributed by atoms with Crippen LogP contribution >= 0.6 is 0 Å². The highest BCUT2D eigenvalue weighted by Gasteiger charge is 1.89. The van der Waals surface area contributed by atoms with Gasteiger partial charge >= 0.3 is 0 Å². The van der Waals surface area contributed by atoms with Crippen LogP contribution in [0.3, 0.4) is 0 Å². The van der Waals surface area contributed by atoms with E-state index in [-0.39, 0.29) is 0 Å². The summed E-state index contributed by atoms with van der Waals surface area (Å²) in [5.41, 5.74) is 2.38. The second-order valence-electron chi connectivity index (χ2n) is 2.44. The van der Waals surface area contributed by atoms with Gasteiger partial charge in [0, 0.05) is 18.4 Å². The molecular formula is C9H16N2. The molecule has 62 valence electrons. The van der Waals surface area contributed by atoms with Crippen molar-refractivity contribution in [1.82, 2.24) is 5.32 Å². The predicted octanol–water partition coefficient (Wildman–Crippen LogP) is 2.10. The number of hydrogen-bond donors (Lipinski definition) is 1. The number of nitrogens with one attached hydrogen (secondary N) is 1. The molecule has 0 aromatic heterocycles. The van der Waals surface area contributed by atoms with Gasteiger partial charge in [0.25, 0.3) is 0 Å². The zero-order valence-corrected chi connectivity index (χ0v) is 7.52. The summed E-state index contributed by atoms with van der Waals surface area (Å²) in [5.74, 6) is 0. The lowest BCUT2D eigenvalue weighted by atomic mass is 10.2. The Bertz CT molecular complexity index is 174. The normalized spacial score (nSPS) is 9.73. The maximum absolute atomic E-state index is 3.64. The summed E-state index contributed by atoms with van der Waals surface area (Å²) in [4.78, 5) is 3.64. The minimum absolute atomic E-state index is 0.933. The summed E-state index contributed by atoms with van der Waals surface area (Å²) in [6.07, 6.45) is 3.61. The minimum Gasteiger partial charge on any atom is -0.385 e. The fourth-order valence-corrected chi connectivity index (χ4v) is 0.720. The van der Waals surface area contributed by atoms with Gasteiger partial charge in [0.05, 0.1) is 0 Å². The number of hydrogen-bond acceptors (Lipinski definition) is 2. The molecule has 0 aliphatic carbocycles. The Hall–Kier alpha value is -1.05. The van der Waals surface area contributed by atoms with Crippen LogP contribution in [0, 0.1) is 0 Å². The van der Waals surface area contributed by atoms with Crippen LogP contribution in [0.5, 0.6) is 0 Å². The number of aliphatic imine (C=N–C) groups is 1. The third kappa shape index (κ3) is 4.37. The highest BCUT2D eigenvalue weighted by molar-refractivity contribution is 5.28. The van der Waals surface area contributed by atoms with E-state index in [9.17, 15) is 0 Å². The lowest BCUT2D eigenvalue weighted by molar-refractivity contribution is 0.863. The molecule has 0 atom stereocenters. The van der Waals surface area contributed by atoms with Gasteiger partial charge in [0.2, 0.25) is 0 Å². The van der Waals surface area contributed by atoms with Crippen LogP contribution in [0.25, 0.3) is 0 Å². The maximum atomic E-state index is 3.64. The first-order valence-electron chi connectivity index (χ1n) is 3.76. The average molecular weight is 152 g/mol. The second kappa shape index (κ2) is 5.71. The topological polar surface area (TPSA) is 24.4 Å². The van der Waals surface area contributed by atoms with E-state index >= 15 is 0 Å². The SMILES string of the molecule is C=N/C=C\C(NCC)=C(C)C. The predicted molar refractivity (Wildman–Crippen MR) is 50.7 cm³/mol. The molecule has 0 fully saturated rings. The smallest absolute Gasteiger partial charge is 0.0341 e. The Morgan fingerprint density at radius 3 is 2.55 bits per heavy atom. The molecule has 0 bridgehead atoms.